The molecule has 2 aliphatic rings. The van der Waals surface area contributed by atoms with Crippen LogP contribution in [0.1, 0.15) is 35.2 Å². The Hall–Kier alpha value is -3.64. The number of nitrogens with one attached hydrogen (secondary N) is 2. The summed E-state index contributed by atoms with van der Waals surface area (Å²) in [7, 11) is 0. The summed E-state index contributed by atoms with van der Waals surface area (Å²) in [6, 6.07) is 21.4. The molecule has 6 nitrogen and oxygen atoms in total. The van der Waals surface area contributed by atoms with Gasteiger partial charge in [0.2, 0.25) is 11.8 Å². The predicted octanol–water partition coefficient (Wildman–Crippen LogP) is 5.00. The first-order chi connectivity index (χ1) is 16.0. The molecule has 2 N–H and O–H groups in total. The summed E-state index contributed by atoms with van der Waals surface area (Å²) in [5, 5.41) is 6.43. The minimum atomic E-state index is -0.552. The highest BCUT2D eigenvalue weighted by Gasteiger charge is 2.45. The van der Waals surface area contributed by atoms with E-state index in [1.54, 1.807) is 36.4 Å². The first kappa shape index (κ1) is 21.2. The molecule has 0 unspecified atom stereocenters. The Morgan fingerprint density at radius 2 is 1.64 bits per heavy atom. The van der Waals surface area contributed by atoms with E-state index in [1.165, 1.54) is 4.90 Å². The fourth-order valence-corrected chi connectivity index (χ4v) is 4.59. The van der Waals surface area contributed by atoms with E-state index in [0.29, 0.717) is 27.6 Å². The molecule has 0 aromatic heterocycles. The van der Waals surface area contributed by atoms with Crippen molar-refractivity contribution >= 4 is 46.4 Å². The second-order valence-corrected chi connectivity index (χ2v) is 8.87. The third-order valence-electron chi connectivity index (χ3n) is 6.44. The lowest BCUT2D eigenvalue weighted by Gasteiger charge is -2.40. The summed E-state index contributed by atoms with van der Waals surface area (Å²) in [6.07, 6.45) is 2.56. The summed E-state index contributed by atoms with van der Waals surface area (Å²) in [6.45, 7) is -0.0437. The molecule has 0 bridgehead atoms. The highest BCUT2D eigenvalue weighted by molar-refractivity contribution is 6.30. The van der Waals surface area contributed by atoms with E-state index in [-0.39, 0.29) is 24.3 Å². The van der Waals surface area contributed by atoms with E-state index in [1.807, 2.05) is 36.4 Å². The lowest BCUT2D eigenvalue weighted by molar-refractivity contribution is -0.124. The summed E-state index contributed by atoms with van der Waals surface area (Å²) in [5.74, 6) is -0.567. The van der Waals surface area contributed by atoms with E-state index < -0.39 is 5.41 Å². The number of fused-ring (bicyclic) bond motifs is 1. The normalized spacial score (nSPS) is 16.3. The molecule has 0 atom stereocenters. The van der Waals surface area contributed by atoms with Crippen molar-refractivity contribution in [1.82, 2.24) is 0 Å². The molecule has 0 spiro atoms. The second-order valence-electron chi connectivity index (χ2n) is 8.43. The summed E-state index contributed by atoms with van der Waals surface area (Å²) in [5.41, 5.74) is 2.74. The Morgan fingerprint density at radius 1 is 0.939 bits per heavy atom. The van der Waals surface area contributed by atoms with Crippen molar-refractivity contribution in [2.75, 3.05) is 22.1 Å². The first-order valence-corrected chi connectivity index (χ1v) is 11.2. The summed E-state index contributed by atoms with van der Waals surface area (Å²) in [4.78, 5) is 39.8. The van der Waals surface area contributed by atoms with Crippen LogP contribution in [-0.2, 0) is 15.0 Å². The topological polar surface area (TPSA) is 78.5 Å². The smallest absolute Gasteiger partial charge is 0.258 e. The van der Waals surface area contributed by atoms with Gasteiger partial charge in [0.15, 0.2) is 0 Å². The molecule has 166 valence electrons. The lowest BCUT2D eigenvalue weighted by atomic mass is 9.64. The van der Waals surface area contributed by atoms with Gasteiger partial charge in [-0.15, -0.1) is 0 Å². The predicted molar refractivity (Wildman–Crippen MR) is 129 cm³/mol. The maximum absolute atomic E-state index is 13.2. The quantitative estimate of drug-likeness (QED) is 0.576. The fraction of sp³-hybridized carbons (Fsp3) is 0.192. The monoisotopic (exact) mass is 459 g/mol. The number of hydrogen-bond donors (Lipinski definition) is 2. The molecule has 33 heavy (non-hydrogen) atoms. The Balaban J connectivity index is 1.33. The molecule has 1 aliphatic heterocycles. The van der Waals surface area contributed by atoms with Crippen LogP contribution in [-0.4, -0.2) is 24.3 Å². The van der Waals surface area contributed by atoms with E-state index in [9.17, 15) is 14.4 Å². The van der Waals surface area contributed by atoms with Crippen molar-refractivity contribution in [2.45, 2.75) is 24.7 Å². The van der Waals surface area contributed by atoms with Gasteiger partial charge in [-0.1, -0.05) is 42.3 Å². The minimum absolute atomic E-state index is 0.0437. The van der Waals surface area contributed by atoms with Gasteiger partial charge in [-0.2, -0.15) is 0 Å². The van der Waals surface area contributed by atoms with E-state index in [4.69, 9.17) is 11.6 Å². The zero-order chi connectivity index (χ0) is 23.0. The Bertz CT molecular complexity index is 1230. The van der Waals surface area contributed by atoms with Gasteiger partial charge in [0, 0.05) is 16.3 Å². The van der Waals surface area contributed by atoms with Crippen LogP contribution in [0.25, 0.3) is 0 Å². The van der Waals surface area contributed by atoms with Gasteiger partial charge in [0.05, 0.1) is 16.8 Å². The number of anilines is 3. The number of benzene rings is 3. The van der Waals surface area contributed by atoms with E-state index >= 15 is 0 Å². The number of rotatable bonds is 4. The number of amides is 3. The molecular weight excluding hydrogens is 438 g/mol. The largest absolute Gasteiger partial charge is 0.325 e. The van der Waals surface area contributed by atoms with Crippen molar-refractivity contribution in [3.8, 4) is 0 Å². The second kappa shape index (κ2) is 8.37. The van der Waals surface area contributed by atoms with Crippen molar-refractivity contribution in [3.05, 3.63) is 88.9 Å². The number of nitrogens with zero attached hydrogens (tertiary/aromatic N) is 1. The number of carbonyl (C=O) groups excluding carboxylic acids is 3. The third kappa shape index (κ3) is 3.87. The molecule has 1 fully saturated rings. The molecule has 1 saturated carbocycles. The Kier molecular flexibility index (Phi) is 5.38. The van der Waals surface area contributed by atoms with Gasteiger partial charge in [-0.3, -0.25) is 19.3 Å². The molecule has 3 amide bonds. The molecule has 3 aromatic carbocycles. The van der Waals surface area contributed by atoms with Gasteiger partial charge in [0.25, 0.3) is 5.91 Å². The van der Waals surface area contributed by atoms with E-state index in [0.717, 1.165) is 24.8 Å². The summed E-state index contributed by atoms with van der Waals surface area (Å²) >= 11 is 6.01. The van der Waals surface area contributed by atoms with Crippen LogP contribution in [0.3, 0.4) is 0 Å². The van der Waals surface area contributed by atoms with Crippen molar-refractivity contribution < 1.29 is 14.4 Å². The SMILES string of the molecule is O=C1CN(C(=O)c2ccc(NC(=O)C3(c4ccc(Cl)cc4)CCC3)cc2)c2ccccc2N1. The van der Waals surface area contributed by atoms with Gasteiger partial charge in [-0.25, -0.2) is 0 Å². The van der Waals surface area contributed by atoms with Crippen LogP contribution < -0.4 is 15.5 Å². The minimum Gasteiger partial charge on any atom is -0.325 e. The van der Waals surface area contributed by atoms with Crippen LogP contribution >= 0.6 is 11.6 Å². The van der Waals surface area contributed by atoms with Crippen molar-refractivity contribution in [1.29, 1.82) is 0 Å². The zero-order valence-corrected chi connectivity index (χ0v) is 18.6. The molecule has 3 aromatic rings. The number of halogens is 1. The average molecular weight is 460 g/mol. The fourth-order valence-electron chi connectivity index (χ4n) is 4.46. The number of hydrogen-bond acceptors (Lipinski definition) is 3. The van der Waals surface area contributed by atoms with Gasteiger partial charge in [-0.05, 0) is 66.9 Å². The molecule has 0 radical (unpaired) electrons. The average Bonchev–Trinajstić information content (AvgIpc) is 2.79. The number of para-hydroxylation sites is 2. The van der Waals surface area contributed by atoms with Crippen molar-refractivity contribution in [3.63, 3.8) is 0 Å². The molecule has 1 aliphatic carbocycles. The van der Waals surface area contributed by atoms with E-state index in [2.05, 4.69) is 10.6 Å². The Morgan fingerprint density at radius 3 is 2.30 bits per heavy atom. The van der Waals surface area contributed by atoms with Crippen LogP contribution in [0.5, 0.6) is 0 Å². The highest BCUT2D eigenvalue weighted by atomic mass is 35.5. The van der Waals surface area contributed by atoms with Crippen LogP contribution in [0.15, 0.2) is 72.8 Å². The first-order valence-electron chi connectivity index (χ1n) is 10.8. The van der Waals surface area contributed by atoms with Crippen LogP contribution in [0.4, 0.5) is 17.1 Å². The zero-order valence-electron chi connectivity index (χ0n) is 17.8. The maximum Gasteiger partial charge on any atom is 0.258 e. The van der Waals surface area contributed by atoms with Gasteiger partial charge < -0.3 is 10.6 Å². The molecular formula is C26H22ClN3O3. The van der Waals surface area contributed by atoms with Crippen molar-refractivity contribution in [2.24, 2.45) is 0 Å². The number of carbonyl (C=O) groups is 3. The molecule has 0 saturated heterocycles. The Labute approximate surface area is 196 Å². The molecule has 7 heteroatoms. The lowest BCUT2D eigenvalue weighted by Crippen LogP contribution is -2.46. The third-order valence-corrected chi connectivity index (χ3v) is 6.70. The highest BCUT2D eigenvalue weighted by Crippen LogP contribution is 2.45. The standard InChI is InChI=1S/C26H22ClN3O3/c27-19-10-8-18(9-11-19)26(14-3-15-26)25(33)28-20-12-6-17(7-13-20)24(32)30-16-23(31)29-21-4-1-2-5-22(21)30/h1-2,4-13H,3,14-16H2,(H,28,33)(H,29,31). The molecule has 1 heterocycles. The van der Waals surface area contributed by atoms with Gasteiger partial charge >= 0.3 is 0 Å². The maximum atomic E-state index is 13.2. The van der Waals surface area contributed by atoms with Gasteiger partial charge in [0.1, 0.15) is 6.54 Å². The molecule has 5 rings (SSSR count). The summed E-state index contributed by atoms with van der Waals surface area (Å²) < 4.78 is 0. The van der Waals surface area contributed by atoms with Crippen LogP contribution in [0, 0.1) is 0 Å². The van der Waals surface area contributed by atoms with Crippen LogP contribution in [0.2, 0.25) is 5.02 Å².